The largest absolute Gasteiger partial charge is 0.447 e. The number of hydrogen-bond donors (Lipinski definition) is 3. The molecule has 10 nitrogen and oxygen atoms in total. The number of thiazole rings is 1. The Hall–Kier alpha value is -2.96. The van der Waals surface area contributed by atoms with E-state index in [1.54, 1.807) is 19.2 Å². The van der Waals surface area contributed by atoms with Gasteiger partial charge in [-0.2, -0.15) is 0 Å². The highest BCUT2D eigenvalue weighted by molar-refractivity contribution is 7.89. The summed E-state index contributed by atoms with van der Waals surface area (Å²) in [4.78, 5) is 21.6. The van der Waals surface area contributed by atoms with Crippen molar-refractivity contribution in [2.24, 2.45) is 0 Å². The number of rotatable bonds is 10. The van der Waals surface area contributed by atoms with Crippen LogP contribution in [0.15, 0.2) is 46.2 Å². The van der Waals surface area contributed by atoms with Crippen molar-refractivity contribution in [3.63, 3.8) is 0 Å². The van der Waals surface area contributed by atoms with Crippen molar-refractivity contribution < 1.29 is 22.4 Å². The third kappa shape index (κ3) is 7.08. The molecule has 3 aromatic rings. The second-order valence-electron chi connectivity index (χ2n) is 9.23. The van der Waals surface area contributed by atoms with E-state index < -0.39 is 10.0 Å². The number of carbonyl (C=O) groups excluding carboxylic acids is 1. The molecule has 0 spiro atoms. The minimum Gasteiger partial charge on any atom is -0.447 e. The number of alkyl carbamates (subject to hydrolysis) is 1. The first kappa shape index (κ1) is 27.1. The predicted octanol–water partition coefficient (Wildman–Crippen LogP) is 4.87. The molecule has 0 aliphatic heterocycles. The summed E-state index contributed by atoms with van der Waals surface area (Å²) in [6.07, 6.45) is 7.73. The Balaban J connectivity index is 1.48. The van der Waals surface area contributed by atoms with Gasteiger partial charge in [-0.15, -0.1) is 11.3 Å². The Labute approximate surface area is 221 Å². The fraction of sp³-hybridized carbons (Fsp3) is 0.480. The number of ether oxygens (including phenoxy) is 1. The van der Waals surface area contributed by atoms with Crippen molar-refractivity contribution in [3.8, 4) is 10.4 Å². The summed E-state index contributed by atoms with van der Waals surface area (Å²) in [6.45, 7) is 6.06. The molecule has 0 bridgehead atoms. The average molecular weight is 548 g/mol. The van der Waals surface area contributed by atoms with Crippen molar-refractivity contribution in [1.82, 2.24) is 20.0 Å². The van der Waals surface area contributed by atoms with Crippen molar-refractivity contribution in [3.05, 3.63) is 47.4 Å². The molecule has 0 radical (unpaired) electrons. The van der Waals surface area contributed by atoms with Gasteiger partial charge in [0.2, 0.25) is 10.0 Å². The molecular formula is C25H33N5O5S2. The number of hydrogen-bond acceptors (Lipinski definition) is 9. The monoisotopic (exact) mass is 547 g/mol. The first-order valence-electron chi connectivity index (χ1n) is 12.4. The topological polar surface area (TPSA) is 135 Å². The Kier molecular flexibility index (Phi) is 8.83. The molecule has 1 saturated carbocycles. The molecule has 3 N–H and O–H groups in total. The Bertz CT molecular complexity index is 1280. The lowest BCUT2D eigenvalue weighted by atomic mass is 9.86. The summed E-state index contributed by atoms with van der Waals surface area (Å²) < 4.78 is 39.2. The van der Waals surface area contributed by atoms with E-state index in [1.165, 1.54) is 23.8 Å². The summed E-state index contributed by atoms with van der Waals surface area (Å²) >= 11 is 1.53. The Morgan fingerprint density at radius 1 is 1.22 bits per heavy atom. The summed E-state index contributed by atoms with van der Waals surface area (Å²) in [5.41, 5.74) is 1.40. The highest BCUT2D eigenvalue weighted by atomic mass is 32.2. The lowest BCUT2D eigenvalue weighted by molar-refractivity contribution is 0.109. The van der Waals surface area contributed by atoms with E-state index in [4.69, 9.17) is 9.15 Å². The van der Waals surface area contributed by atoms with Crippen LogP contribution in [0.2, 0.25) is 0 Å². The van der Waals surface area contributed by atoms with E-state index in [9.17, 15) is 13.2 Å². The van der Waals surface area contributed by atoms with Crippen LogP contribution >= 0.6 is 11.3 Å². The molecule has 1 fully saturated rings. The molecule has 1 amide bonds. The van der Waals surface area contributed by atoms with Crippen LogP contribution < -0.4 is 15.4 Å². The fourth-order valence-electron chi connectivity index (χ4n) is 4.36. The number of amides is 1. The van der Waals surface area contributed by atoms with Crippen LogP contribution in [-0.4, -0.2) is 43.2 Å². The molecule has 4 rings (SSSR count). The van der Waals surface area contributed by atoms with Crippen LogP contribution in [0.1, 0.15) is 62.9 Å². The Morgan fingerprint density at radius 2 is 2.00 bits per heavy atom. The highest BCUT2D eigenvalue weighted by Crippen LogP contribution is 2.39. The smallest absolute Gasteiger partial charge is 0.407 e. The summed E-state index contributed by atoms with van der Waals surface area (Å²) in [5, 5.41) is 6.98. The maximum atomic E-state index is 13.1. The number of sulfonamides is 1. The minimum absolute atomic E-state index is 0.0938. The van der Waals surface area contributed by atoms with Gasteiger partial charge < -0.3 is 19.8 Å². The van der Waals surface area contributed by atoms with Crippen molar-refractivity contribution in [2.75, 3.05) is 11.9 Å². The Morgan fingerprint density at radius 3 is 2.68 bits per heavy atom. The third-order valence-electron chi connectivity index (χ3n) is 6.08. The van der Waals surface area contributed by atoms with Crippen LogP contribution in [0, 0.1) is 0 Å². The standard InChI is InChI=1S/C25H33N5O5S2/c1-4-29-37(32,33)22-13-17(14-28-24-26-11-12-34-24)5-10-20(22)21-15-27-23(36-21)18-6-8-19(9-7-18)30-25(31)35-16(2)3/h5,10-13,15-16,18-19,29H,4,6-9,14H2,1-3H3,(H,26,28)(H,30,31)/t18-,19-. The second-order valence-corrected chi connectivity index (χ2v) is 12.0. The van der Waals surface area contributed by atoms with Crippen molar-refractivity contribution in [2.45, 2.75) is 76.0 Å². The zero-order valence-corrected chi connectivity index (χ0v) is 22.8. The number of benzene rings is 1. The normalized spacial score (nSPS) is 18.1. The van der Waals surface area contributed by atoms with Gasteiger partial charge in [-0.05, 0) is 51.2 Å². The lowest BCUT2D eigenvalue weighted by Crippen LogP contribution is -2.38. The molecule has 2 aromatic heterocycles. The van der Waals surface area contributed by atoms with Gasteiger partial charge in [0.25, 0.3) is 6.01 Å². The molecule has 1 aliphatic rings. The first-order chi connectivity index (χ1) is 17.7. The summed E-state index contributed by atoms with van der Waals surface area (Å²) in [5.74, 6) is 0.274. The van der Waals surface area contributed by atoms with Crippen LogP contribution in [0.5, 0.6) is 0 Å². The van der Waals surface area contributed by atoms with Gasteiger partial charge in [0, 0.05) is 36.8 Å². The quantitative estimate of drug-likeness (QED) is 0.327. The van der Waals surface area contributed by atoms with E-state index in [0.29, 0.717) is 18.1 Å². The van der Waals surface area contributed by atoms with E-state index in [0.717, 1.165) is 41.1 Å². The first-order valence-corrected chi connectivity index (χ1v) is 14.7. The van der Waals surface area contributed by atoms with Gasteiger partial charge in [0.15, 0.2) is 0 Å². The fourth-order valence-corrected chi connectivity index (χ4v) is 6.86. The second kappa shape index (κ2) is 12.1. The molecule has 37 heavy (non-hydrogen) atoms. The van der Waals surface area contributed by atoms with Crippen LogP contribution in [0.3, 0.4) is 0 Å². The van der Waals surface area contributed by atoms with Gasteiger partial charge in [-0.1, -0.05) is 19.1 Å². The molecule has 2 heterocycles. The SMILES string of the molecule is CCNS(=O)(=O)c1cc(CNc2ncco2)ccc1-c1cnc([C@H]2CC[C@H](NC(=O)OC(C)C)CC2)s1. The molecule has 1 aromatic carbocycles. The van der Waals surface area contributed by atoms with Gasteiger partial charge in [-0.3, -0.25) is 0 Å². The molecule has 12 heteroatoms. The maximum Gasteiger partial charge on any atom is 0.407 e. The van der Waals surface area contributed by atoms with Crippen LogP contribution in [-0.2, 0) is 21.3 Å². The van der Waals surface area contributed by atoms with Crippen LogP contribution in [0.4, 0.5) is 10.8 Å². The van der Waals surface area contributed by atoms with Crippen molar-refractivity contribution in [1.29, 1.82) is 0 Å². The number of nitrogens with one attached hydrogen (secondary N) is 3. The lowest BCUT2D eigenvalue weighted by Gasteiger charge is -2.28. The van der Waals surface area contributed by atoms with Gasteiger partial charge >= 0.3 is 6.09 Å². The molecular weight excluding hydrogens is 514 g/mol. The number of oxazole rings is 1. The van der Waals surface area contributed by atoms with Gasteiger partial charge in [0.1, 0.15) is 6.26 Å². The van der Waals surface area contributed by atoms with E-state index >= 15 is 0 Å². The molecule has 0 unspecified atom stereocenters. The van der Waals surface area contributed by atoms with Gasteiger partial charge in [0.05, 0.1) is 27.1 Å². The number of anilines is 1. The zero-order chi connectivity index (χ0) is 26.4. The van der Waals surface area contributed by atoms with E-state index in [1.807, 2.05) is 26.0 Å². The number of carbonyl (C=O) groups is 1. The van der Waals surface area contributed by atoms with Crippen LogP contribution in [0.25, 0.3) is 10.4 Å². The average Bonchev–Trinajstić information content (AvgIpc) is 3.55. The molecule has 0 atom stereocenters. The van der Waals surface area contributed by atoms with Gasteiger partial charge in [-0.25, -0.2) is 27.9 Å². The number of aromatic nitrogens is 2. The van der Waals surface area contributed by atoms with E-state index in [-0.39, 0.29) is 35.6 Å². The maximum absolute atomic E-state index is 13.1. The minimum atomic E-state index is -3.72. The predicted molar refractivity (Wildman–Crippen MR) is 142 cm³/mol. The molecule has 0 saturated heterocycles. The third-order valence-corrected chi connectivity index (χ3v) is 8.85. The molecule has 200 valence electrons. The molecule has 1 aliphatic carbocycles. The van der Waals surface area contributed by atoms with E-state index in [2.05, 4.69) is 25.3 Å². The summed E-state index contributed by atoms with van der Waals surface area (Å²) in [7, 11) is -3.72. The highest BCUT2D eigenvalue weighted by Gasteiger charge is 2.27. The zero-order valence-electron chi connectivity index (χ0n) is 21.2. The number of nitrogens with zero attached hydrogens (tertiary/aromatic N) is 2. The van der Waals surface area contributed by atoms with Crippen molar-refractivity contribution >= 4 is 33.5 Å². The summed E-state index contributed by atoms with van der Waals surface area (Å²) in [6, 6.07) is 5.86.